The third kappa shape index (κ3) is 2.41. The minimum Gasteiger partial charge on any atom is -0.496 e. The Morgan fingerprint density at radius 2 is 2.05 bits per heavy atom. The van der Waals surface area contributed by atoms with Crippen molar-refractivity contribution in [3.05, 3.63) is 35.4 Å². The number of rotatable bonds is 3. The molecular weight excluding hydrogens is 238 g/mol. The first-order valence-corrected chi connectivity index (χ1v) is 6.13. The number of nitrogens with zero attached hydrogens (tertiary/aromatic N) is 1. The summed E-state index contributed by atoms with van der Waals surface area (Å²) < 4.78 is 5.43. The molecule has 4 heteroatoms. The van der Waals surface area contributed by atoms with Crippen molar-refractivity contribution < 1.29 is 4.74 Å². The van der Waals surface area contributed by atoms with Gasteiger partial charge in [0.1, 0.15) is 17.6 Å². The molecule has 0 aliphatic rings. The summed E-state index contributed by atoms with van der Waals surface area (Å²) in [7, 11) is 1.64. The molecule has 4 nitrogen and oxygen atoms in total. The van der Waals surface area contributed by atoms with Gasteiger partial charge in [-0.15, -0.1) is 0 Å². The molecule has 0 amide bonds. The monoisotopic (exact) mass is 255 g/mol. The lowest BCUT2D eigenvalue weighted by atomic mass is 10.00. The van der Waals surface area contributed by atoms with E-state index >= 15 is 0 Å². The summed E-state index contributed by atoms with van der Waals surface area (Å²) in [5.74, 6) is 1.59. The van der Waals surface area contributed by atoms with E-state index in [1.807, 2.05) is 12.1 Å². The highest BCUT2D eigenvalue weighted by Gasteiger charge is 2.12. The highest BCUT2D eigenvalue weighted by Crippen LogP contribution is 2.33. The fourth-order valence-electron chi connectivity index (χ4n) is 2.00. The maximum Gasteiger partial charge on any atom is 0.128 e. The van der Waals surface area contributed by atoms with Crippen molar-refractivity contribution in [2.24, 2.45) is 0 Å². The predicted molar refractivity (Wildman–Crippen MR) is 76.0 cm³/mol. The van der Waals surface area contributed by atoms with Gasteiger partial charge in [0.25, 0.3) is 0 Å². The molecule has 98 valence electrons. The standard InChI is InChI=1S/C15H17N3O/c1-9(2)10-4-5-12(14(7-10)19-3)13-6-11(8-16)15(17)18-13/h4-7,9,18H,17H2,1-3H3. The molecule has 19 heavy (non-hydrogen) atoms. The van der Waals surface area contributed by atoms with E-state index in [0.717, 1.165) is 17.0 Å². The van der Waals surface area contributed by atoms with E-state index in [9.17, 15) is 0 Å². The molecule has 0 radical (unpaired) electrons. The van der Waals surface area contributed by atoms with Gasteiger partial charge < -0.3 is 15.5 Å². The van der Waals surface area contributed by atoms with Crippen molar-refractivity contribution >= 4 is 5.82 Å². The van der Waals surface area contributed by atoms with Crippen LogP contribution < -0.4 is 10.5 Å². The normalized spacial score (nSPS) is 10.5. The smallest absolute Gasteiger partial charge is 0.128 e. The van der Waals surface area contributed by atoms with Crippen LogP contribution in [0.1, 0.15) is 30.9 Å². The number of hydrogen-bond acceptors (Lipinski definition) is 3. The Morgan fingerprint density at radius 1 is 1.32 bits per heavy atom. The van der Waals surface area contributed by atoms with Crippen LogP contribution >= 0.6 is 0 Å². The first-order chi connectivity index (χ1) is 9.06. The highest BCUT2D eigenvalue weighted by atomic mass is 16.5. The van der Waals surface area contributed by atoms with Crippen LogP contribution in [0.2, 0.25) is 0 Å². The minimum atomic E-state index is 0.382. The fraction of sp³-hybridized carbons (Fsp3) is 0.267. The molecule has 0 spiro atoms. The van der Waals surface area contributed by atoms with E-state index < -0.39 is 0 Å². The largest absolute Gasteiger partial charge is 0.496 e. The summed E-state index contributed by atoms with van der Waals surface area (Å²) in [6.45, 7) is 4.27. The number of nitriles is 1. The van der Waals surface area contributed by atoms with Gasteiger partial charge in [0.05, 0.1) is 18.4 Å². The van der Waals surface area contributed by atoms with Crippen LogP contribution in [0, 0.1) is 11.3 Å². The van der Waals surface area contributed by atoms with Gasteiger partial charge in [-0.25, -0.2) is 0 Å². The lowest BCUT2D eigenvalue weighted by Crippen LogP contribution is -1.93. The van der Waals surface area contributed by atoms with Crippen LogP contribution in [0.25, 0.3) is 11.3 Å². The van der Waals surface area contributed by atoms with Crippen molar-refractivity contribution in [2.75, 3.05) is 12.8 Å². The zero-order valence-corrected chi connectivity index (χ0v) is 11.3. The Labute approximate surface area is 112 Å². The Kier molecular flexibility index (Phi) is 3.48. The molecule has 0 fully saturated rings. The van der Waals surface area contributed by atoms with E-state index in [1.165, 1.54) is 5.56 Å². The Bertz CT molecular complexity index is 635. The van der Waals surface area contributed by atoms with Crippen LogP contribution in [-0.2, 0) is 0 Å². The van der Waals surface area contributed by atoms with Gasteiger partial charge in [-0.3, -0.25) is 0 Å². The lowest BCUT2D eigenvalue weighted by molar-refractivity contribution is 0.415. The van der Waals surface area contributed by atoms with E-state index in [2.05, 4.69) is 31.0 Å². The third-order valence-corrected chi connectivity index (χ3v) is 3.15. The van der Waals surface area contributed by atoms with Crippen LogP contribution in [0.5, 0.6) is 5.75 Å². The van der Waals surface area contributed by atoms with E-state index in [1.54, 1.807) is 13.2 Å². The van der Waals surface area contributed by atoms with Crippen LogP contribution in [0.4, 0.5) is 5.82 Å². The quantitative estimate of drug-likeness (QED) is 0.883. The molecule has 0 saturated heterocycles. The van der Waals surface area contributed by atoms with Gasteiger partial charge in [0.2, 0.25) is 0 Å². The van der Waals surface area contributed by atoms with E-state index in [4.69, 9.17) is 15.7 Å². The number of aromatic nitrogens is 1. The van der Waals surface area contributed by atoms with E-state index in [0.29, 0.717) is 17.3 Å². The zero-order valence-electron chi connectivity index (χ0n) is 11.3. The summed E-state index contributed by atoms with van der Waals surface area (Å²) in [5, 5.41) is 8.94. The number of nitrogens with one attached hydrogen (secondary N) is 1. The molecule has 0 atom stereocenters. The molecule has 1 aromatic heterocycles. The van der Waals surface area contributed by atoms with Crippen LogP contribution in [0.15, 0.2) is 24.3 Å². The van der Waals surface area contributed by atoms with Crippen molar-refractivity contribution in [2.45, 2.75) is 19.8 Å². The fourth-order valence-corrected chi connectivity index (χ4v) is 2.00. The summed E-state index contributed by atoms with van der Waals surface area (Å²) >= 11 is 0. The molecule has 1 aromatic carbocycles. The highest BCUT2D eigenvalue weighted by molar-refractivity contribution is 5.73. The van der Waals surface area contributed by atoms with Crippen molar-refractivity contribution in [3.63, 3.8) is 0 Å². The lowest BCUT2D eigenvalue weighted by Gasteiger charge is -2.11. The minimum absolute atomic E-state index is 0.382. The number of nitrogens with two attached hydrogens (primary N) is 1. The molecule has 3 N–H and O–H groups in total. The number of aromatic amines is 1. The molecule has 2 rings (SSSR count). The molecular formula is C15H17N3O. The summed E-state index contributed by atoms with van der Waals surface area (Å²) in [4.78, 5) is 3.01. The second-order valence-corrected chi connectivity index (χ2v) is 4.74. The number of ether oxygens (including phenoxy) is 1. The second-order valence-electron chi connectivity index (χ2n) is 4.74. The molecule has 0 aliphatic heterocycles. The van der Waals surface area contributed by atoms with Gasteiger partial charge in [0.15, 0.2) is 0 Å². The number of hydrogen-bond donors (Lipinski definition) is 2. The molecule has 0 unspecified atom stereocenters. The number of benzene rings is 1. The van der Waals surface area contributed by atoms with Crippen molar-refractivity contribution in [3.8, 4) is 23.1 Å². The van der Waals surface area contributed by atoms with Crippen molar-refractivity contribution in [1.82, 2.24) is 4.98 Å². The zero-order chi connectivity index (χ0) is 14.0. The summed E-state index contributed by atoms with van der Waals surface area (Å²) in [5.41, 5.74) is 9.09. The molecule has 1 heterocycles. The predicted octanol–water partition coefficient (Wildman–Crippen LogP) is 3.27. The number of H-pyrrole nitrogens is 1. The van der Waals surface area contributed by atoms with Gasteiger partial charge in [0, 0.05) is 5.56 Å². The molecule has 2 aromatic rings. The molecule has 0 saturated carbocycles. The van der Waals surface area contributed by atoms with E-state index in [-0.39, 0.29) is 0 Å². The van der Waals surface area contributed by atoms with Gasteiger partial charge in [-0.2, -0.15) is 5.26 Å². The number of anilines is 1. The van der Waals surface area contributed by atoms with Crippen LogP contribution in [-0.4, -0.2) is 12.1 Å². The molecule has 0 aliphatic carbocycles. The van der Waals surface area contributed by atoms with Crippen LogP contribution in [0.3, 0.4) is 0 Å². The summed E-state index contributed by atoms with van der Waals surface area (Å²) in [6, 6.07) is 9.86. The topological polar surface area (TPSA) is 74.8 Å². The van der Waals surface area contributed by atoms with Crippen molar-refractivity contribution in [1.29, 1.82) is 5.26 Å². The Hall–Kier alpha value is -2.41. The summed E-state index contributed by atoms with van der Waals surface area (Å²) in [6.07, 6.45) is 0. The Balaban J connectivity index is 2.52. The number of methoxy groups -OCH3 is 1. The first kappa shape index (κ1) is 13.0. The second kappa shape index (κ2) is 5.07. The average Bonchev–Trinajstić information content (AvgIpc) is 2.78. The maximum atomic E-state index is 8.94. The maximum absolute atomic E-state index is 8.94. The number of nitrogen functional groups attached to an aromatic ring is 1. The first-order valence-electron chi connectivity index (χ1n) is 6.13. The average molecular weight is 255 g/mol. The van der Waals surface area contributed by atoms with Gasteiger partial charge in [-0.1, -0.05) is 19.9 Å². The SMILES string of the molecule is COc1cc(C(C)C)ccc1-c1cc(C#N)c(N)[nH]1. The Morgan fingerprint density at radius 3 is 2.58 bits per heavy atom. The van der Waals surface area contributed by atoms with Gasteiger partial charge in [-0.05, 0) is 29.7 Å². The van der Waals surface area contributed by atoms with Gasteiger partial charge >= 0.3 is 0 Å². The molecule has 0 bridgehead atoms. The third-order valence-electron chi connectivity index (χ3n) is 3.15.